The molecule has 0 fully saturated rings. The van der Waals surface area contributed by atoms with Crippen LogP contribution in [0.4, 0.5) is 18.9 Å². The van der Waals surface area contributed by atoms with Gasteiger partial charge in [-0.1, -0.05) is 0 Å². The minimum Gasteiger partial charge on any atom is -0.318 e. The van der Waals surface area contributed by atoms with E-state index < -0.39 is 31.9 Å². The van der Waals surface area contributed by atoms with Gasteiger partial charge in [-0.15, -0.1) is 0 Å². The molecule has 0 aliphatic rings. The van der Waals surface area contributed by atoms with Crippen LogP contribution < -0.4 is 5.32 Å². The molecule has 22 heavy (non-hydrogen) atoms. The quantitative estimate of drug-likeness (QED) is 0.796. The van der Waals surface area contributed by atoms with Gasteiger partial charge in [0.1, 0.15) is 0 Å². The first-order valence-electron chi connectivity index (χ1n) is 5.67. The van der Waals surface area contributed by atoms with Crippen LogP contribution in [0.2, 0.25) is 0 Å². The van der Waals surface area contributed by atoms with Gasteiger partial charge in [0.25, 0.3) is 9.05 Å². The van der Waals surface area contributed by atoms with Crippen LogP contribution in [0.25, 0.3) is 0 Å². The fourth-order valence-electron chi connectivity index (χ4n) is 1.55. The minimum absolute atomic E-state index is 0.0140. The molecule has 1 amide bonds. The second-order valence-corrected chi connectivity index (χ2v) is 8.33. The molecule has 0 aliphatic heterocycles. The van der Waals surface area contributed by atoms with Gasteiger partial charge in [-0.3, -0.25) is 9.00 Å². The number of alkyl halides is 3. The van der Waals surface area contributed by atoms with Crippen molar-refractivity contribution in [2.45, 2.75) is 17.5 Å². The van der Waals surface area contributed by atoms with Crippen LogP contribution in [0, 0.1) is 0 Å². The Kier molecular flexibility index (Phi) is 5.99. The van der Waals surface area contributed by atoms with E-state index in [0.717, 1.165) is 18.2 Å². The maximum atomic E-state index is 12.2. The van der Waals surface area contributed by atoms with Gasteiger partial charge in [-0.2, -0.15) is 13.2 Å². The largest absolute Gasteiger partial charge is 0.471 e. The molecule has 0 radical (unpaired) electrons. The summed E-state index contributed by atoms with van der Waals surface area (Å²) in [6.07, 6.45) is -3.66. The summed E-state index contributed by atoms with van der Waals surface area (Å²) < 4.78 is 70.5. The summed E-state index contributed by atoms with van der Waals surface area (Å²) in [4.78, 5) is 10.6. The number of hydrogen-bond donors (Lipinski definition) is 1. The Hall–Kier alpha value is -1.13. The van der Waals surface area contributed by atoms with Crippen molar-refractivity contribution in [3.8, 4) is 0 Å². The summed E-state index contributed by atoms with van der Waals surface area (Å²) >= 11 is 0. The lowest BCUT2D eigenvalue weighted by molar-refractivity contribution is -0.167. The molecule has 0 bridgehead atoms. The molecule has 11 heteroatoms. The van der Waals surface area contributed by atoms with E-state index in [9.17, 15) is 30.6 Å². The van der Waals surface area contributed by atoms with Crippen LogP contribution in [0.3, 0.4) is 0 Å². The zero-order valence-corrected chi connectivity index (χ0v) is 13.5. The predicted molar refractivity (Wildman–Crippen MR) is 76.8 cm³/mol. The summed E-state index contributed by atoms with van der Waals surface area (Å²) in [7, 11) is -0.116. The van der Waals surface area contributed by atoms with E-state index in [1.165, 1.54) is 6.26 Å². The van der Waals surface area contributed by atoms with Crippen LogP contribution in [0.15, 0.2) is 23.1 Å². The highest BCUT2D eigenvalue weighted by atomic mass is 35.7. The predicted octanol–water partition coefficient (Wildman–Crippen LogP) is 2.04. The van der Waals surface area contributed by atoms with Crippen LogP contribution in [0.5, 0.6) is 0 Å². The van der Waals surface area contributed by atoms with Crippen molar-refractivity contribution in [2.24, 2.45) is 0 Å². The second-order valence-electron chi connectivity index (χ2n) is 4.24. The fourth-order valence-corrected chi connectivity index (χ4v) is 3.21. The van der Waals surface area contributed by atoms with Crippen LogP contribution >= 0.6 is 10.7 Å². The summed E-state index contributed by atoms with van der Waals surface area (Å²) in [5.74, 6) is -2.09. The van der Waals surface area contributed by atoms with Crippen molar-refractivity contribution in [1.29, 1.82) is 0 Å². The molecule has 1 N–H and O–H groups in total. The summed E-state index contributed by atoms with van der Waals surface area (Å²) in [6, 6.07) is 3.04. The number of halogens is 4. The third kappa shape index (κ3) is 5.58. The number of nitrogens with one attached hydrogen (secondary N) is 1. The van der Waals surface area contributed by atoms with Gasteiger partial charge < -0.3 is 5.32 Å². The van der Waals surface area contributed by atoms with Gasteiger partial charge in [0.2, 0.25) is 0 Å². The van der Waals surface area contributed by atoms with Crippen LogP contribution in [0.1, 0.15) is 5.56 Å². The number of amides is 1. The average molecular weight is 378 g/mol. The van der Waals surface area contributed by atoms with E-state index in [0.29, 0.717) is 0 Å². The standard InChI is InChI=1S/C11H11ClF3NO4S2/c1-21(18)5-4-7-6-8(16-10(17)11(13,14)15)2-3-9(7)22(12,19)20/h2-3,6H,4-5H2,1H3,(H,16,17). The van der Waals surface area contributed by atoms with Crippen molar-refractivity contribution < 1.29 is 30.6 Å². The number of aryl methyl sites for hydroxylation is 1. The van der Waals surface area contributed by atoms with Gasteiger partial charge in [0.05, 0.1) is 4.90 Å². The number of benzene rings is 1. The molecule has 0 saturated heterocycles. The first kappa shape index (κ1) is 18.9. The Morgan fingerprint density at radius 1 is 1.36 bits per heavy atom. The summed E-state index contributed by atoms with van der Waals surface area (Å²) in [5, 5.41) is 1.61. The highest BCUT2D eigenvalue weighted by Gasteiger charge is 2.38. The third-order valence-corrected chi connectivity index (χ3v) is 4.70. The van der Waals surface area contributed by atoms with Gasteiger partial charge in [0.15, 0.2) is 0 Å². The molecular formula is C11H11ClF3NO4S2. The SMILES string of the molecule is CS(=O)CCc1cc(NC(=O)C(F)(F)F)ccc1S(=O)(=O)Cl. The summed E-state index contributed by atoms with van der Waals surface area (Å²) in [5.41, 5.74) is -0.159. The van der Waals surface area contributed by atoms with E-state index in [-0.39, 0.29) is 28.3 Å². The van der Waals surface area contributed by atoms with Gasteiger partial charge in [-0.05, 0) is 30.2 Å². The number of hydrogen-bond acceptors (Lipinski definition) is 4. The lowest BCUT2D eigenvalue weighted by Gasteiger charge is -2.11. The van der Waals surface area contributed by atoms with Crippen molar-refractivity contribution in [1.82, 2.24) is 0 Å². The average Bonchev–Trinajstić information content (AvgIpc) is 2.33. The molecule has 0 spiro atoms. The molecule has 0 saturated carbocycles. The Morgan fingerprint density at radius 2 is 1.95 bits per heavy atom. The second kappa shape index (κ2) is 6.97. The van der Waals surface area contributed by atoms with Crippen LogP contribution in [-0.2, 0) is 31.1 Å². The first-order chi connectivity index (χ1) is 9.91. The van der Waals surface area contributed by atoms with Crippen LogP contribution in [-0.4, -0.2) is 36.7 Å². The van der Waals surface area contributed by atoms with Crippen molar-refractivity contribution in [3.05, 3.63) is 23.8 Å². The number of anilines is 1. The Morgan fingerprint density at radius 3 is 2.41 bits per heavy atom. The molecule has 1 aromatic rings. The van der Waals surface area contributed by atoms with E-state index in [1.54, 1.807) is 5.32 Å². The Bertz CT molecular complexity index is 704. The molecular weight excluding hydrogens is 367 g/mol. The lowest BCUT2D eigenvalue weighted by Crippen LogP contribution is -2.30. The van der Waals surface area contributed by atoms with Gasteiger partial charge in [-0.25, -0.2) is 8.42 Å². The highest BCUT2D eigenvalue weighted by molar-refractivity contribution is 8.13. The Balaban J connectivity index is 3.16. The molecule has 0 aromatic heterocycles. The molecule has 0 aliphatic carbocycles. The van der Waals surface area contributed by atoms with E-state index >= 15 is 0 Å². The zero-order valence-electron chi connectivity index (χ0n) is 11.1. The molecule has 1 rings (SSSR count). The van der Waals surface area contributed by atoms with Crippen molar-refractivity contribution in [2.75, 3.05) is 17.3 Å². The highest BCUT2D eigenvalue weighted by Crippen LogP contribution is 2.25. The van der Waals surface area contributed by atoms with Gasteiger partial charge >= 0.3 is 12.1 Å². The smallest absolute Gasteiger partial charge is 0.318 e. The molecule has 1 atom stereocenters. The monoisotopic (exact) mass is 377 g/mol. The molecule has 5 nitrogen and oxygen atoms in total. The summed E-state index contributed by atoms with van der Waals surface area (Å²) in [6.45, 7) is 0. The number of carbonyl (C=O) groups excluding carboxylic acids is 1. The maximum Gasteiger partial charge on any atom is 0.471 e. The first-order valence-corrected chi connectivity index (χ1v) is 9.70. The topological polar surface area (TPSA) is 80.3 Å². The lowest BCUT2D eigenvalue weighted by atomic mass is 10.1. The molecule has 124 valence electrons. The zero-order chi connectivity index (χ0) is 17.1. The molecule has 1 unspecified atom stereocenters. The van der Waals surface area contributed by atoms with Crippen molar-refractivity contribution in [3.63, 3.8) is 0 Å². The molecule has 1 aromatic carbocycles. The molecule has 0 heterocycles. The fraction of sp³-hybridized carbons (Fsp3) is 0.364. The normalized spacial score (nSPS) is 13.7. The number of rotatable bonds is 5. The van der Waals surface area contributed by atoms with E-state index in [1.807, 2.05) is 0 Å². The minimum atomic E-state index is -5.07. The third-order valence-electron chi connectivity index (χ3n) is 2.50. The maximum absolute atomic E-state index is 12.2. The van der Waals surface area contributed by atoms with E-state index in [2.05, 4.69) is 0 Å². The van der Waals surface area contributed by atoms with Gasteiger partial charge in [0, 0.05) is 39.2 Å². The van der Waals surface area contributed by atoms with Crippen molar-refractivity contribution >= 4 is 42.1 Å². The van der Waals surface area contributed by atoms with E-state index in [4.69, 9.17) is 10.7 Å². The Labute approximate surface area is 131 Å². The number of carbonyl (C=O) groups is 1.